The van der Waals surface area contributed by atoms with Gasteiger partial charge < -0.3 is 19.8 Å². The summed E-state index contributed by atoms with van der Waals surface area (Å²) in [5.41, 5.74) is 3.59. The molecule has 2 aliphatic rings. The van der Waals surface area contributed by atoms with Crippen LogP contribution in [-0.4, -0.2) is 46.0 Å². The number of carbonyl (C=O) groups excluding carboxylic acids is 2. The third-order valence-corrected chi connectivity index (χ3v) is 6.15. The molecule has 1 unspecified atom stereocenters. The van der Waals surface area contributed by atoms with E-state index < -0.39 is 11.9 Å². The highest BCUT2D eigenvalue weighted by Crippen LogP contribution is 2.26. The fourth-order valence-corrected chi connectivity index (χ4v) is 3.99. The first-order chi connectivity index (χ1) is 16.1. The van der Waals surface area contributed by atoms with Gasteiger partial charge in [0.1, 0.15) is 6.54 Å². The zero-order valence-corrected chi connectivity index (χ0v) is 20.7. The highest BCUT2D eigenvalue weighted by molar-refractivity contribution is 5.97. The molecule has 0 aromatic carbocycles. The molecule has 2 heterocycles. The summed E-state index contributed by atoms with van der Waals surface area (Å²) >= 11 is 0. The van der Waals surface area contributed by atoms with E-state index in [0.29, 0.717) is 18.5 Å². The van der Waals surface area contributed by atoms with Crippen molar-refractivity contribution in [1.82, 2.24) is 4.90 Å². The van der Waals surface area contributed by atoms with Gasteiger partial charge in [-0.25, -0.2) is 4.79 Å². The lowest BCUT2D eigenvalue weighted by molar-refractivity contribution is -0.142. The van der Waals surface area contributed by atoms with Gasteiger partial charge in [0.15, 0.2) is 11.5 Å². The number of aliphatic carboxylic acids is 1. The monoisotopic (exact) mass is 471 g/mol. The maximum atomic E-state index is 12.1. The van der Waals surface area contributed by atoms with Crippen LogP contribution in [0.2, 0.25) is 0 Å². The van der Waals surface area contributed by atoms with Gasteiger partial charge in [-0.3, -0.25) is 9.59 Å². The van der Waals surface area contributed by atoms with E-state index >= 15 is 0 Å². The Kier molecular flexibility index (Phi) is 10.4. The molecule has 2 N–H and O–H groups in total. The van der Waals surface area contributed by atoms with Crippen LogP contribution in [0.3, 0.4) is 0 Å². The average molecular weight is 472 g/mol. The van der Waals surface area contributed by atoms with Crippen molar-refractivity contribution in [2.45, 2.75) is 72.6 Å². The number of esters is 1. The van der Waals surface area contributed by atoms with Crippen LogP contribution in [0.15, 0.2) is 58.1 Å². The van der Waals surface area contributed by atoms with Gasteiger partial charge in [0.05, 0.1) is 5.57 Å². The topological polar surface area (TPSA) is 104 Å². The van der Waals surface area contributed by atoms with Gasteiger partial charge in [-0.05, 0) is 77.7 Å². The fraction of sp³-hybridized carbons (Fsp3) is 0.519. The van der Waals surface area contributed by atoms with Gasteiger partial charge in [-0.15, -0.1) is 0 Å². The molecule has 0 aliphatic carbocycles. The Hall–Kier alpha value is -3.09. The number of hydrogen-bond donors (Lipinski definition) is 2. The van der Waals surface area contributed by atoms with Crippen LogP contribution in [0.5, 0.6) is 0 Å². The van der Waals surface area contributed by atoms with Crippen LogP contribution < -0.4 is 0 Å². The minimum absolute atomic E-state index is 0.0527. The van der Waals surface area contributed by atoms with E-state index in [1.165, 1.54) is 16.0 Å². The summed E-state index contributed by atoms with van der Waals surface area (Å²) in [6.45, 7) is 7.98. The summed E-state index contributed by atoms with van der Waals surface area (Å²) in [5.74, 6) is -1.21. The first kappa shape index (κ1) is 27.2. The molecule has 0 aromatic heterocycles. The number of aliphatic hydroxyl groups is 1. The van der Waals surface area contributed by atoms with E-state index in [1.807, 2.05) is 19.1 Å². The van der Waals surface area contributed by atoms with Crippen molar-refractivity contribution in [1.29, 1.82) is 0 Å². The highest BCUT2D eigenvalue weighted by atomic mass is 16.6. The number of hydrogen-bond acceptors (Lipinski definition) is 5. The maximum Gasteiger partial charge on any atom is 0.343 e. The van der Waals surface area contributed by atoms with Gasteiger partial charge >= 0.3 is 11.9 Å². The second-order valence-electron chi connectivity index (χ2n) is 9.25. The van der Waals surface area contributed by atoms with Crippen molar-refractivity contribution in [3.8, 4) is 0 Å². The maximum absolute atomic E-state index is 12.1. The van der Waals surface area contributed by atoms with Gasteiger partial charge in [-0.1, -0.05) is 36.3 Å². The van der Waals surface area contributed by atoms with Gasteiger partial charge in [-0.2, -0.15) is 0 Å². The molecular weight excluding hydrogens is 434 g/mol. The smallest absolute Gasteiger partial charge is 0.343 e. The lowest BCUT2D eigenvalue weighted by atomic mass is 9.99. The van der Waals surface area contributed by atoms with E-state index in [-0.39, 0.29) is 35.5 Å². The zero-order valence-electron chi connectivity index (χ0n) is 20.7. The number of carboxylic acids is 1. The Labute approximate surface area is 202 Å². The van der Waals surface area contributed by atoms with Crippen LogP contribution in [0.1, 0.15) is 72.6 Å². The van der Waals surface area contributed by atoms with Crippen molar-refractivity contribution >= 4 is 17.8 Å². The third kappa shape index (κ3) is 8.36. The second kappa shape index (κ2) is 13.0. The summed E-state index contributed by atoms with van der Waals surface area (Å²) in [4.78, 5) is 35.8. The Balaban J connectivity index is 1.64. The minimum Gasteiger partial charge on any atom is -0.504 e. The molecule has 1 amide bonds. The molecule has 7 nitrogen and oxygen atoms in total. The van der Waals surface area contributed by atoms with Crippen molar-refractivity contribution in [3.63, 3.8) is 0 Å². The standard InChI is InChI=1S/C27H37NO6/c1-18(10-6-12-20(3)16-23-25(31)21(4)27(33)34-23)8-5-9-19(2)11-7-13-22-14-15-28(26(22)32)17-24(29)30/h8,11,14,16,20,31H,5-7,9-10,12-13,15,17H2,1-4H3,(H,29,30). The lowest BCUT2D eigenvalue weighted by Gasteiger charge is -2.13. The summed E-state index contributed by atoms with van der Waals surface area (Å²) in [6.07, 6.45) is 14.4. The van der Waals surface area contributed by atoms with E-state index in [4.69, 9.17) is 9.84 Å². The molecule has 0 spiro atoms. The summed E-state index contributed by atoms with van der Waals surface area (Å²) in [6, 6.07) is 0. The number of aliphatic hydroxyl groups excluding tert-OH is 1. The van der Waals surface area contributed by atoms with Crippen molar-refractivity contribution in [2.24, 2.45) is 5.92 Å². The molecule has 0 saturated carbocycles. The second-order valence-corrected chi connectivity index (χ2v) is 9.25. The molecule has 0 radical (unpaired) electrons. The largest absolute Gasteiger partial charge is 0.504 e. The number of carbonyl (C=O) groups is 3. The van der Waals surface area contributed by atoms with Crippen molar-refractivity contribution in [2.75, 3.05) is 13.1 Å². The van der Waals surface area contributed by atoms with Gasteiger partial charge in [0.2, 0.25) is 5.91 Å². The molecule has 2 rings (SSSR count). The van der Waals surface area contributed by atoms with Crippen LogP contribution in [0.4, 0.5) is 0 Å². The molecule has 1 atom stereocenters. The number of allylic oxidation sites excluding steroid dienone is 5. The Morgan fingerprint density at radius 2 is 1.85 bits per heavy atom. The molecule has 2 aliphatic heterocycles. The summed E-state index contributed by atoms with van der Waals surface area (Å²) in [5, 5.41) is 18.7. The molecule has 0 saturated heterocycles. The molecule has 186 valence electrons. The predicted octanol–water partition coefficient (Wildman–Crippen LogP) is 5.37. The van der Waals surface area contributed by atoms with Gasteiger partial charge in [0.25, 0.3) is 0 Å². The lowest BCUT2D eigenvalue weighted by Crippen LogP contribution is -2.32. The Morgan fingerprint density at radius 1 is 1.18 bits per heavy atom. The quantitative estimate of drug-likeness (QED) is 0.276. The molecule has 0 aromatic rings. The number of cyclic esters (lactones) is 1. The van der Waals surface area contributed by atoms with Crippen LogP contribution in [0, 0.1) is 5.92 Å². The van der Waals surface area contributed by atoms with Crippen molar-refractivity contribution < 1.29 is 29.3 Å². The molecular formula is C27H37NO6. The fourth-order valence-electron chi connectivity index (χ4n) is 3.99. The number of rotatable bonds is 13. The van der Waals surface area contributed by atoms with E-state index in [0.717, 1.165) is 38.5 Å². The summed E-state index contributed by atoms with van der Waals surface area (Å²) in [7, 11) is 0. The van der Waals surface area contributed by atoms with E-state index in [1.54, 1.807) is 6.92 Å². The van der Waals surface area contributed by atoms with Crippen LogP contribution in [0.25, 0.3) is 0 Å². The molecule has 0 fully saturated rings. The highest BCUT2D eigenvalue weighted by Gasteiger charge is 2.26. The predicted molar refractivity (Wildman–Crippen MR) is 131 cm³/mol. The van der Waals surface area contributed by atoms with E-state index in [9.17, 15) is 19.5 Å². The number of ether oxygens (including phenoxy) is 1. The SMILES string of the molecule is CC(=CCCC1=CCN(CC(=O)O)C1=O)CCC=C(C)CCCC(C)C=C1OC(=O)C(C)=C1O. The van der Waals surface area contributed by atoms with Crippen LogP contribution >= 0.6 is 0 Å². The van der Waals surface area contributed by atoms with E-state index in [2.05, 4.69) is 26.0 Å². The summed E-state index contributed by atoms with van der Waals surface area (Å²) < 4.78 is 5.08. The molecule has 34 heavy (non-hydrogen) atoms. The molecule has 0 bridgehead atoms. The first-order valence-electron chi connectivity index (χ1n) is 11.9. The Bertz CT molecular complexity index is 950. The average Bonchev–Trinajstić information content (AvgIpc) is 3.21. The molecule has 7 heteroatoms. The number of carboxylic acid groups (broad SMARTS) is 1. The van der Waals surface area contributed by atoms with Gasteiger partial charge in [0, 0.05) is 12.1 Å². The van der Waals surface area contributed by atoms with Crippen LogP contribution in [-0.2, 0) is 19.1 Å². The zero-order chi connectivity index (χ0) is 25.3. The number of nitrogens with zero attached hydrogens (tertiary/aromatic N) is 1. The minimum atomic E-state index is -0.988. The number of amides is 1. The first-order valence-corrected chi connectivity index (χ1v) is 11.9. The normalized spacial score (nSPS) is 19.2. The van der Waals surface area contributed by atoms with Crippen molar-refractivity contribution in [3.05, 3.63) is 58.1 Å². The Morgan fingerprint density at radius 3 is 2.50 bits per heavy atom. The third-order valence-electron chi connectivity index (χ3n) is 6.15.